The predicted molar refractivity (Wildman–Crippen MR) is 93.1 cm³/mol. The molecule has 4 bridgehead atoms. The monoisotopic (exact) mass is 332 g/mol. The molecule has 134 valence electrons. The first kappa shape index (κ1) is 16.4. The molecule has 4 rings (SSSR count). The molecule has 4 fully saturated rings. The molecule has 0 radical (unpaired) electrons. The molecule has 2 amide bonds. The van der Waals surface area contributed by atoms with E-state index < -0.39 is 0 Å². The van der Waals surface area contributed by atoms with E-state index in [-0.39, 0.29) is 11.8 Å². The van der Waals surface area contributed by atoms with E-state index in [2.05, 4.69) is 10.6 Å². The van der Waals surface area contributed by atoms with Crippen LogP contribution in [0.1, 0.15) is 64.2 Å². The molecule has 4 aliphatic rings. The summed E-state index contributed by atoms with van der Waals surface area (Å²) in [6, 6.07) is 0. The summed E-state index contributed by atoms with van der Waals surface area (Å²) in [5, 5.41) is 6.25. The highest BCUT2D eigenvalue weighted by Gasteiger charge is 2.43. The fraction of sp³-hybridized carbons (Fsp3) is 0.900. The molecule has 4 saturated carbocycles. The molecule has 0 aromatic rings. The molecule has 0 aliphatic heterocycles. The van der Waals surface area contributed by atoms with Crippen molar-refractivity contribution in [1.29, 1.82) is 0 Å². The Hall–Kier alpha value is -1.06. The highest BCUT2D eigenvalue weighted by atomic mass is 16.2. The van der Waals surface area contributed by atoms with Crippen molar-refractivity contribution in [2.45, 2.75) is 64.2 Å². The number of rotatable bonds is 7. The van der Waals surface area contributed by atoms with Crippen LogP contribution in [0.25, 0.3) is 0 Å². The van der Waals surface area contributed by atoms with Crippen LogP contribution in [0, 0.1) is 35.5 Å². The van der Waals surface area contributed by atoms with Crippen molar-refractivity contribution in [3.8, 4) is 0 Å². The van der Waals surface area contributed by atoms with E-state index in [1.807, 2.05) is 0 Å². The van der Waals surface area contributed by atoms with Gasteiger partial charge in [-0.15, -0.1) is 0 Å². The Morgan fingerprint density at radius 3 is 1.46 bits per heavy atom. The van der Waals surface area contributed by atoms with Gasteiger partial charge in [0.25, 0.3) is 0 Å². The molecule has 24 heavy (non-hydrogen) atoms. The van der Waals surface area contributed by atoms with E-state index in [0.717, 1.165) is 50.6 Å². The number of carbonyl (C=O) groups excluding carboxylic acids is 2. The van der Waals surface area contributed by atoms with Gasteiger partial charge < -0.3 is 10.6 Å². The summed E-state index contributed by atoms with van der Waals surface area (Å²) in [5.41, 5.74) is 0. The minimum Gasteiger partial charge on any atom is -0.356 e. The van der Waals surface area contributed by atoms with Crippen LogP contribution in [-0.2, 0) is 9.59 Å². The third-order valence-electron chi connectivity index (χ3n) is 7.35. The Kier molecular flexibility index (Phi) is 4.82. The maximum absolute atomic E-state index is 12.2. The third kappa shape index (κ3) is 3.34. The summed E-state index contributed by atoms with van der Waals surface area (Å²) < 4.78 is 0. The van der Waals surface area contributed by atoms with Crippen LogP contribution in [-0.4, -0.2) is 24.9 Å². The lowest BCUT2D eigenvalue weighted by molar-refractivity contribution is -0.127. The molecule has 0 heterocycles. The Morgan fingerprint density at radius 2 is 1.12 bits per heavy atom. The van der Waals surface area contributed by atoms with Crippen molar-refractivity contribution in [2.24, 2.45) is 35.5 Å². The lowest BCUT2D eigenvalue weighted by atomic mass is 9.88. The van der Waals surface area contributed by atoms with E-state index in [4.69, 9.17) is 0 Å². The zero-order valence-electron chi connectivity index (χ0n) is 14.8. The molecule has 4 nitrogen and oxygen atoms in total. The molecule has 2 N–H and O–H groups in total. The van der Waals surface area contributed by atoms with Gasteiger partial charge in [-0.2, -0.15) is 0 Å². The van der Waals surface area contributed by atoms with E-state index in [0.29, 0.717) is 23.7 Å². The van der Waals surface area contributed by atoms with Crippen LogP contribution in [0.2, 0.25) is 0 Å². The Bertz CT molecular complexity index is 448. The van der Waals surface area contributed by atoms with Crippen LogP contribution < -0.4 is 10.6 Å². The van der Waals surface area contributed by atoms with Gasteiger partial charge in [0.15, 0.2) is 0 Å². The van der Waals surface area contributed by atoms with Gasteiger partial charge in [-0.3, -0.25) is 9.59 Å². The quantitative estimate of drug-likeness (QED) is 0.704. The van der Waals surface area contributed by atoms with Gasteiger partial charge in [-0.1, -0.05) is 12.8 Å². The summed E-state index contributed by atoms with van der Waals surface area (Å²) in [7, 11) is 0. The smallest absolute Gasteiger partial charge is 0.223 e. The minimum atomic E-state index is 0.285. The van der Waals surface area contributed by atoms with Crippen LogP contribution in [0.15, 0.2) is 0 Å². The molecule has 4 aliphatic carbocycles. The zero-order valence-corrected chi connectivity index (χ0v) is 14.8. The van der Waals surface area contributed by atoms with Crippen LogP contribution in [0.5, 0.6) is 0 Å². The number of carbonyl (C=O) groups is 2. The maximum atomic E-state index is 12.2. The van der Waals surface area contributed by atoms with Crippen molar-refractivity contribution >= 4 is 11.8 Å². The second kappa shape index (κ2) is 7.05. The standard InChI is InChI=1S/C20H32N2O2/c23-19(17-11-13-3-5-15(17)9-13)21-7-1-2-8-22-20(24)18-12-14-4-6-16(18)10-14/h13-18H,1-12H2,(H,21,23)(H,22,24). The lowest BCUT2D eigenvalue weighted by Gasteiger charge is -2.21. The molecule has 4 heteroatoms. The van der Waals surface area contributed by atoms with Gasteiger partial charge in [-0.05, 0) is 75.0 Å². The normalized spacial score (nSPS) is 39.3. The van der Waals surface area contributed by atoms with Crippen molar-refractivity contribution < 1.29 is 9.59 Å². The highest BCUT2D eigenvalue weighted by Crippen LogP contribution is 2.49. The zero-order chi connectivity index (χ0) is 16.5. The average molecular weight is 332 g/mol. The van der Waals surface area contributed by atoms with E-state index in [9.17, 15) is 9.59 Å². The number of nitrogens with one attached hydrogen (secondary N) is 2. The van der Waals surface area contributed by atoms with Crippen molar-refractivity contribution in [3.05, 3.63) is 0 Å². The van der Waals surface area contributed by atoms with Crippen LogP contribution in [0.4, 0.5) is 0 Å². The van der Waals surface area contributed by atoms with Gasteiger partial charge in [0.05, 0.1) is 0 Å². The Labute approximate surface area is 145 Å². The first-order valence-corrected chi connectivity index (χ1v) is 10.3. The molecule has 0 saturated heterocycles. The van der Waals surface area contributed by atoms with Crippen LogP contribution >= 0.6 is 0 Å². The first-order chi connectivity index (χ1) is 11.7. The van der Waals surface area contributed by atoms with E-state index in [1.165, 1.54) is 38.5 Å². The molecule has 0 aromatic heterocycles. The number of fused-ring (bicyclic) bond motifs is 4. The molecule has 0 spiro atoms. The fourth-order valence-corrected chi connectivity index (χ4v) is 6.07. The predicted octanol–water partition coefficient (Wildman–Crippen LogP) is 2.87. The first-order valence-electron chi connectivity index (χ1n) is 10.3. The number of hydrogen-bond donors (Lipinski definition) is 2. The van der Waals surface area contributed by atoms with Crippen LogP contribution in [0.3, 0.4) is 0 Å². The molecular weight excluding hydrogens is 300 g/mol. The van der Waals surface area contributed by atoms with E-state index >= 15 is 0 Å². The number of unbranched alkanes of at least 4 members (excludes halogenated alkanes) is 1. The van der Waals surface area contributed by atoms with Gasteiger partial charge >= 0.3 is 0 Å². The van der Waals surface area contributed by atoms with Gasteiger partial charge in [0.1, 0.15) is 0 Å². The SMILES string of the molecule is O=C(NCCCCNC(=O)C1CC2CCC1C2)C1CC2CCC1C2. The van der Waals surface area contributed by atoms with Gasteiger partial charge in [0.2, 0.25) is 11.8 Å². The van der Waals surface area contributed by atoms with Crippen molar-refractivity contribution in [3.63, 3.8) is 0 Å². The minimum absolute atomic E-state index is 0.285. The maximum Gasteiger partial charge on any atom is 0.223 e. The van der Waals surface area contributed by atoms with Gasteiger partial charge in [0, 0.05) is 24.9 Å². The fourth-order valence-electron chi connectivity index (χ4n) is 6.07. The molecule has 6 unspecified atom stereocenters. The van der Waals surface area contributed by atoms with Crippen molar-refractivity contribution in [2.75, 3.05) is 13.1 Å². The Balaban J connectivity index is 1.06. The third-order valence-corrected chi connectivity index (χ3v) is 7.35. The Morgan fingerprint density at radius 1 is 0.667 bits per heavy atom. The highest BCUT2D eigenvalue weighted by molar-refractivity contribution is 5.80. The molecule has 6 atom stereocenters. The summed E-state index contributed by atoms with van der Waals surface area (Å²) in [5.74, 6) is 4.13. The van der Waals surface area contributed by atoms with Crippen molar-refractivity contribution in [1.82, 2.24) is 10.6 Å². The second-order valence-corrected chi connectivity index (χ2v) is 8.85. The number of hydrogen-bond acceptors (Lipinski definition) is 2. The second-order valence-electron chi connectivity index (χ2n) is 8.85. The van der Waals surface area contributed by atoms with E-state index in [1.54, 1.807) is 0 Å². The number of amides is 2. The lowest BCUT2D eigenvalue weighted by Crippen LogP contribution is -2.35. The average Bonchev–Trinajstić information content (AvgIpc) is 3.37. The largest absolute Gasteiger partial charge is 0.356 e. The summed E-state index contributed by atoms with van der Waals surface area (Å²) >= 11 is 0. The topological polar surface area (TPSA) is 58.2 Å². The summed E-state index contributed by atoms with van der Waals surface area (Å²) in [4.78, 5) is 24.5. The summed E-state index contributed by atoms with van der Waals surface area (Å²) in [6.07, 6.45) is 11.9. The molecule has 0 aromatic carbocycles. The van der Waals surface area contributed by atoms with Gasteiger partial charge in [-0.25, -0.2) is 0 Å². The molecular formula is C20H32N2O2. The summed E-state index contributed by atoms with van der Waals surface area (Å²) in [6.45, 7) is 1.52.